The van der Waals surface area contributed by atoms with E-state index >= 15 is 0 Å². The highest BCUT2D eigenvalue weighted by Gasteiger charge is 2.36. The topological polar surface area (TPSA) is 62.4 Å². The molecule has 3 rings (SSSR count). The van der Waals surface area contributed by atoms with Crippen LogP contribution < -0.4 is 9.64 Å². The second-order valence-corrected chi connectivity index (χ2v) is 5.56. The van der Waals surface area contributed by atoms with E-state index in [1.54, 1.807) is 36.5 Å². The number of H-pyrrole nitrogens is 1. The van der Waals surface area contributed by atoms with Gasteiger partial charge in [-0.05, 0) is 61.2 Å². The van der Waals surface area contributed by atoms with Crippen molar-refractivity contribution in [2.24, 2.45) is 0 Å². The van der Waals surface area contributed by atoms with Crippen molar-refractivity contribution in [1.29, 1.82) is 0 Å². The molecule has 0 spiro atoms. The number of amides is 2. The molecule has 0 bridgehead atoms. The van der Waals surface area contributed by atoms with Crippen molar-refractivity contribution in [2.45, 2.75) is 6.92 Å². The van der Waals surface area contributed by atoms with Crippen LogP contribution >= 0.6 is 11.8 Å². The Bertz CT molecular complexity index is 720. The van der Waals surface area contributed by atoms with E-state index in [2.05, 4.69) is 4.98 Å². The minimum absolute atomic E-state index is 0.299. The van der Waals surface area contributed by atoms with Gasteiger partial charge in [0.15, 0.2) is 0 Å². The number of rotatable bonds is 4. The third-order valence-corrected chi connectivity index (χ3v) is 3.98. The lowest BCUT2D eigenvalue weighted by Gasteiger charge is -2.13. The minimum atomic E-state index is -0.311. The number of nitrogens with zero attached hydrogens (tertiary/aromatic N) is 1. The molecule has 1 aliphatic heterocycles. The lowest BCUT2D eigenvalue weighted by Crippen LogP contribution is -2.27. The van der Waals surface area contributed by atoms with E-state index in [1.165, 1.54) is 4.90 Å². The Morgan fingerprint density at radius 3 is 2.64 bits per heavy atom. The maximum atomic E-state index is 12.4. The number of ether oxygens (including phenoxy) is 1. The Morgan fingerprint density at radius 2 is 2.00 bits per heavy atom. The summed E-state index contributed by atoms with van der Waals surface area (Å²) in [6.07, 6.45) is 3.45. The molecule has 6 heteroatoms. The molecule has 1 N–H and O–H groups in total. The van der Waals surface area contributed by atoms with Crippen molar-refractivity contribution in [3.8, 4) is 5.75 Å². The molecular weight excluding hydrogens is 300 g/mol. The Kier molecular flexibility index (Phi) is 4.02. The lowest BCUT2D eigenvalue weighted by atomic mass is 10.2. The fourth-order valence-electron chi connectivity index (χ4n) is 2.12. The number of carbonyl (C=O) groups is 2. The summed E-state index contributed by atoms with van der Waals surface area (Å²) in [5.74, 6) is 0.397. The third kappa shape index (κ3) is 2.78. The van der Waals surface area contributed by atoms with Crippen molar-refractivity contribution in [2.75, 3.05) is 11.5 Å². The monoisotopic (exact) mass is 314 g/mol. The summed E-state index contributed by atoms with van der Waals surface area (Å²) < 4.78 is 5.36. The van der Waals surface area contributed by atoms with Crippen molar-refractivity contribution >= 4 is 34.7 Å². The predicted octanol–water partition coefficient (Wildman–Crippen LogP) is 3.65. The van der Waals surface area contributed by atoms with Gasteiger partial charge in [-0.15, -0.1) is 0 Å². The Hall–Kier alpha value is -2.47. The molecule has 1 aromatic carbocycles. The molecule has 112 valence electrons. The number of aromatic nitrogens is 1. The molecule has 2 heterocycles. The zero-order chi connectivity index (χ0) is 15.5. The van der Waals surface area contributed by atoms with E-state index in [1.807, 2.05) is 19.1 Å². The number of hydrogen-bond acceptors (Lipinski definition) is 4. The molecule has 0 saturated carbocycles. The smallest absolute Gasteiger partial charge is 0.298 e. The molecule has 2 amide bonds. The largest absolute Gasteiger partial charge is 0.494 e. The molecule has 1 saturated heterocycles. The summed E-state index contributed by atoms with van der Waals surface area (Å²) in [6, 6.07) is 10.6. The van der Waals surface area contributed by atoms with E-state index in [9.17, 15) is 9.59 Å². The number of aromatic amines is 1. The molecule has 1 fully saturated rings. The first-order chi connectivity index (χ1) is 10.7. The summed E-state index contributed by atoms with van der Waals surface area (Å²) in [6.45, 7) is 2.47. The Morgan fingerprint density at radius 1 is 1.23 bits per heavy atom. The van der Waals surface area contributed by atoms with Gasteiger partial charge in [0.25, 0.3) is 11.1 Å². The van der Waals surface area contributed by atoms with Gasteiger partial charge in [-0.1, -0.05) is 0 Å². The Balaban J connectivity index is 1.85. The van der Waals surface area contributed by atoms with Crippen LogP contribution in [0.15, 0.2) is 47.5 Å². The minimum Gasteiger partial charge on any atom is -0.494 e. The first-order valence-corrected chi connectivity index (χ1v) is 7.65. The predicted molar refractivity (Wildman–Crippen MR) is 86.9 cm³/mol. The molecule has 1 aromatic heterocycles. The van der Waals surface area contributed by atoms with Gasteiger partial charge in [0.05, 0.1) is 17.2 Å². The molecule has 1 aliphatic rings. The number of nitrogens with one attached hydrogen (secondary N) is 1. The quantitative estimate of drug-likeness (QED) is 0.875. The average Bonchev–Trinajstić information content (AvgIpc) is 3.10. The highest BCUT2D eigenvalue weighted by molar-refractivity contribution is 8.19. The van der Waals surface area contributed by atoms with E-state index in [-0.39, 0.29) is 11.1 Å². The summed E-state index contributed by atoms with van der Waals surface area (Å²) in [4.78, 5) is 29.1. The van der Waals surface area contributed by atoms with Gasteiger partial charge in [-0.25, -0.2) is 4.90 Å². The van der Waals surface area contributed by atoms with Crippen LogP contribution in [0.3, 0.4) is 0 Å². The Labute approximate surface area is 132 Å². The van der Waals surface area contributed by atoms with Crippen molar-refractivity contribution in [1.82, 2.24) is 4.98 Å². The van der Waals surface area contributed by atoms with Gasteiger partial charge >= 0.3 is 0 Å². The van der Waals surface area contributed by atoms with Crippen LogP contribution in [0.1, 0.15) is 12.6 Å². The number of hydrogen-bond donors (Lipinski definition) is 1. The standard InChI is InChI=1S/C16H14N2O3S/c1-2-21-13-7-5-12(6-8-13)18-15(19)14(22-16(18)20)10-11-4-3-9-17-11/h3-10,17H,2H2,1H3/b14-10-. The van der Waals surface area contributed by atoms with Gasteiger partial charge in [0, 0.05) is 11.9 Å². The molecule has 0 radical (unpaired) electrons. The average molecular weight is 314 g/mol. The summed E-state index contributed by atoms with van der Waals surface area (Å²) in [5.41, 5.74) is 1.33. The highest BCUT2D eigenvalue weighted by atomic mass is 32.2. The fraction of sp³-hybridized carbons (Fsp3) is 0.125. The van der Waals surface area contributed by atoms with Crippen molar-refractivity contribution < 1.29 is 14.3 Å². The second kappa shape index (κ2) is 6.11. The van der Waals surface area contributed by atoms with Gasteiger partial charge in [-0.2, -0.15) is 0 Å². The van der Waals surface area contributed by atoms with Gasteiger partial charge in [0.1, 0.15) is 5.75 Å². The van der Waals surface area contributed by atoms with E-state index in [0.29, 0.717) is 22.9 Å². The zero-order valence-corrected chi connectivity index (χ0v) is 12.7. The van der Waals surface area contributed by atoms with Gasteiger partial charge in [-0.3, -0.25) is 9.59 Å². The summed E-state index contributed by atoms with van der Waals surface area (Å²) in [5, 5.41) is -0.299. The van der Waals surface area contributed by atoms with Crippen molar-refractivity contribution in [3.05, 3.63) is 53.2 Å². The van der Waals surface area contributed by atoms with Crippen LogP contribution in [0, 0.1) is 0 Å². The first-order valence-electron chi connectivity index (χ1n) is 6.83. The lowest BCUT2D eigenvalue weighted by molar-refractivity contribution is -0.113. The molecule has 0 aliphatic carbocycles. The molecule has 2 aromatic rings. The zero-order valence-electron chi connectivity index (χ0n) is 11.9. The number of thioether (sulfide) groups is 1. The van der Waals surface area contributed by atoms with E-state index < -0.39 is 0 Å². The van der Waals surface area contributed by atoms with Crippen LogP contribution in [0.2, 0.25) is 0 Å². The van der Waals surface area contributed by atoms with Gasteiger partial charge < -0.3 is 9.72 Å². The van der Waals surface area contributed by atoms with Crippen LogP contribution in [0.5, 0.6) is 5.75 Å². The molecule has 22 heavy (non-hydrogen) atoms. The molecular formula is C16H14N2O3S. The van der Waals surface area contributed by atoms with Crippen molar-refractivity contribution in [3.63, 3.8) is 0 Å². The van der Waals surface area contributed by atoms with Gasteiger partial charge in [0.2, 0.25) is 0 Å². The second-order valence-electron chi connectivity index (χ2n) is 4.57. The third-order valence-electron chi connectivity index (χ3n) is 3.11. The number of anilines is 1. The molecule has 5 nitrogen and oxygen atoms in total. The summed E-state index contributed by atoms with van der Waals surface area (Å²) in [7, 11) is 0. The summed E-state index contributed by atoms with van der Waals surface area (Å²) >= 11 is 0.937. The maximum Gasteiger partial charge on any atom is 0.298 e. The fourth-order valence-corrected chi connectivity index (χ4v) is 2.96. The molecule has 0 atom stereocenters. The van der Waals surface area contributed by atoms with Crippen LogP contribution in [-0.2, 0) is 4.79 Å². The van der Waals surface area contributed by atoms with Crippen LogP contribution in [-0.4, -0.2) is 22.7 Å². The number of imide groups is 1. The number of carbonyl (C=O) groups excluding carboxylic acids is 2. The van der Waals surface area contributed by atoms with E-state index in [4.69, 9.17) is 4.74 Å². The maximum absolute atomic E-state index is 12.4. The highest BCUT2D eigenvalue weighted by Crippen LogP contribution is 2.36. The normalized spacial score (nSPS) is 16.6. The number of benzene rings is 1. The van der Waals surface area contributed by atoms with Crippen LogP contribution in [0.25, 0.3) is 6.08 Å². The first kappa shape index (κ1) is 14.5. The molecule has 0 unspecified atom stereocenters. The van der Waals surface area contributed by atoms with E-state index in [0.717, 1.165) is 17.5 Å². The van der Waals surface area contributed by atoms with Crippen LogP contribution in [0.4, 0.5) is 10.5 Å². The SMILES string of the molecule is CCOc1ccc(N2C(=O)S/C(=C\c3ccc[nH]3)C2=O)cc1.